The van der Waals surface area contributed by atoms with Crippen molar-refractivity contribution in [1.82, 2.24) is 0 Å². The van der Waals surface area contributed by atoms with Crippen molar-refractivity contribution in [3.63, 3.8) is 0 Å². The van der Waals surface area contributed by atoms with Gasteiger partial charge in [-0.3, -0.25) is 9.59 Å². The van der Waals surface area contributed by atoms with Crippen LogP contribution in [0.1, 0.15) is 12.0 Å². The molecule has 0 saturated carbocycles. The molecule has 0 bridgehead atoms. The lowest BCUT2D eigenvalue weighted by Crippen LogP contribution is -2.26. The van der Waals surface area contributed by atoms with Crippen LogP contribution in [0.5, 0.6) is 0 Å². The molecule has 2 rings (SSSR count). The van der Waals surface area contributed by atoms with Gasteiger partial charge in [-0.1, -0.05) is 6.07 Å². The lowest BCUT2D eigenvalue weighted by Gasteiger charge is -2.14. The number of carbonyl (C=O) groups is 2. The fraction of sp³-hybridized carbons (Fsp3) is 0.182. The minimum absolute atomic E-state index is 0.260. The molecule has 74 valence electrons. The Labute approximate surface area is 86.7 Å². The van der Waals surface area contributed by atoms with Gasteiger partial charge in [0.2, 0.25) is 5.78 Å². The van der Waals surface area contributed by atoms with Gasteiger partial charge in [0.1, 0.15) is 0 Å². The molecule has 0 spiro atoms. The van der Waals surface area contributed by atoms with E-state index in [2.05, 4.69) is 0 Å². The van der Waals surface area contributed by atoms with Crippen LogP contribution in [0.4, 0.5) is 5.69 Å². The van der Waals surface area contributed by atoms with E-state index in [0.29, 0.717) is 17.8 Å². The molecule has 1 aliphatic rings. The summed E-state index contributed by atoms with van der Waals surface area (Å²) in [6.07, 6.45) is 0.260. The van der Waals surface area contributed by atoms with Crippen LogP contribution in [0.3, 0.4) is 0 Å². The van der Waals surface area contributed by atoms with Crippen molar-refractivity contribution < 1.29 is 9.59 Å². The summed E-state index contributed by atoms with van der Waals surface area (Å²) in [5, 5.41) is 8.70. The number of rotatable bonds is 1. The molecule has 4 heteroatoms. The Balaban J connectivity index is 2.35. The summed E-state index contributed by atoms with van der Waals surface area (Å²) in [4.78, 5) is 23.9. The average Bonchev–Trinajstić information content (AvgIpc) is 2.60. The van der Waals surface area contributed by atoms with Gasteiger partial charge in [0, 0.05) is 18.7 Å². The van der Waals surface area contributed by atoms with Gasteiger partial charge in [0.05, 0.1) is 11.6 Å². The van der Waals surface area contributed by atoms with Crippen LogP contribution in [0, 0.1) is 11.3 Å². The maximum atomic E-state index is 11.4. The number of ketones is 1. The second kappa shape index (κ2) is 3.54. The van der Waals surface area contributed by atoms with Gasteiger partial charge >= 0.3 is 0 Å². The topological polar surface area (TPSA) is 61.2 Å². The molecule has 1 fully saturated rings. The van der Waals surface area contributed by atoms with Gasteiger partial charge in [-0.25, -0.2) is 0 Å². The highest BCUT2D eigenvalue weighted by Gasteiger charge is 2.30. The Bertz CT molecular complexity index is 474. The Morgan fingerprint density at radius 1 is 1.33 bits per heavy atom. The van der Waals surface area contributed by atoms with Crippen LogP contribution in [0.15, 0.2) is 24.3 Å². The maximum Gasteiger partial charge on any atom is 0.294 e. The van der Waals surface area contributed by atoms with Crippen molar-refractivity contribution in [2.75, 3.05) is 11.4 Å². The minimum Gasteiger partial charge on any atom is -0.305 e. The molecule has 0 unspecified atom stereocenters. The zero-order valence-corrected chi connectivity index (χ0v) is 7.93. The molecule has 1 aliphatic heterocycles. The molecule has 1 aromatic rings. The van der Waals surface area contributed by atoms with Gasteiger partial charge in [0.15, 0.2) is 0 Å². The number of benzene rings is 1. The minimum atomic E-state index is -0.481. The second-order valence-electron chi connectivity index (χ2n) is 3.29. The molecule has 1 saturated heterocycles. The molecule has 15 heavy (non-hydrogen) atoms. The van der Waals surface area contributed by atoms with Crippen LogP contribution >= 0.6 is 0 Å². The number of Topliss-reactive ketones (excluding diaryl/α,β-unsaturated/α-hetero) is 1. The quantitative estimate of drug-likeness (QED) is 0.632. The number of nitrogens with zero attached hydrogens (tertiary/aromatic N) is 2. The Hall–Kier alpha value is -2.15. The number of carbonyl (C=O) groups excluding carboxylic acids is 2. The van der Waals surface area contributed by atoms with E-state index < -0.39 is 5.91 Å². The van der Waals surface area contributed by atoms with Crippen molar-refractivity contribution in [2.45, 2.75) is 6.42 Å². The largest absolute Gasteiger partial charge is 0.305 e. The SMILES string of the molecule is N#Cc1cccc(N2CCC(=O)C2=O)c1. The lowest BCUT2D eigenvalue weighted by molar-refractivity contribution is -0.133. The van der Waals surface area contributed by atoms with Crippen molar-refractivity contribution in [3.05, 3.63) is 29.8 Å². The molecule has 1 amide bonds. The fourth-order valence-corrected chi connectivity index (χ4v) is 1.56. The first kappa shape index (κ1) is 9.41. The van der Waals surface area contributed by atoms with E-state index in [0.717, 1.165) is 0 Å². The maximum absolute atomic E-state index is 11.4. The summed E-state index contributed by atoms with van der Waals surface area (Å²) in [7, 11) is 0. The van der Waals surface area contributed by atoms with Crippen molar-refractivity contribution >= 4 is 17.4 Å². The number of anilines is 1. The summed E-state index contributed by atoms with van der Waals surface area (Å²) >= 11 is 0. The highest BCUT2D eigenvalue weighted by Crippen LogP contribution is 2.20. The second-order valence-corrected chi connectivity index (χ2v) is 3.29. The zero-order valence-electron chi connectivity index (χ0n) is 7.93. The molecular formula is C11H8N2O2. The van der Waals surface area contributed by atoms with Crippen LogP contribution in [0.2, 0.25) is 0 Å². The molecule has 0 aromatic heterocycles. The van der Waals surface area contributed by atoms with Crippen molar-refractivity contribution in [2.24, 2.45) is 0 Å². The molecule has 0 radical (unpaired) electrons. The molecule has 0 N–H and O–H groups in total. The average molecular weight is 200 g/mol. The monoisotopic (exact) mass is 200 g/mol. The van der Waals surface area contributed by atoms with E-state index in [-0.39, 0.29) is 12.2 Å². The third kappa shape index (κ3) is 1.59. The number of hydrogen-bond donors (Lipinski definition) is 0. The summed E-state index contributed by atoms with van der Waals surface area (Å²) in [6, 6.07) is 8.68. The molecule has 1 aromatic carbocycles. The van der Waals surface area contributed by atoms with Gasteiger partial charge in [-0.05, 0) is 18.2 Å². The van der Waals surface area contributed by atoms with Gasteiger partial charge < -0.3 is 4.90 Å². The normalized spacial score (nSPS) is 15.5. The van der Waals surface area contributed by atoms with Gasteiger partial charge in [-0.2, -0.15) is 5.26 Å². The first-order valence-electron chi connectivity index (χ1n) is 4.57. The summed E-state index contributed by atoms with van der Waals surface area (Å²) in [5.74, 6) is -0.845. The summed E-state index contributed by atoms with van der Waals surface area (Å²) in [6.45, 7) is 0.409. The van der Waals surface area contributed by atoms with Gasteiger partial charge in [0.25, 0.3) is 5.91 Å². The Morgan fingerprint density at radius 2 is 2.13 bits per heavy atom. The Kier molecular flexibility index (Phi) is 2.22. The van der Waals surface area contributed by atoms with Crippen LogP contribution < -0.4 is 4.90 Å². The van der Waals surface area contributed by atoms with E-state index in [1.54, 1.807) is 24.3 Å². The Morgan fingerprint density at radius 3 is 2.73 bits per heavy atom. The van der Waals surface area contributed by atoms with Crippen LogP contribution in [-0.4, -0.2) is 18.2 Å². The third-order valence-corrected chi connectivity index (χ3v) is 2.33. The number of nitriles is 1. The van der Waals surface area contributed by atoms with E-state index in [4.69, 9.17) is 5.26 Å². The van der Waals surface area contributed by atoms with E-state index >= 15 is 0 Å². The highest BCUT2D eigenvalue weighted by atomic mass is 16.2. The summed E-state index contributed by atoms with van der Waals surface area (Å²) < 4.78 is 0. The first-order valence-corrected chi connectivity index (χ1v) is 4.57. The van der Waals surface area contributed by atoms with Gasteiger partial charge in [-0.15, -0.1) is 0 Å². The van der Waals surface area contributed by atoms with E-state index in [1.165, 1.54) is 4.90 Å². The van der Waals surface area contributed by atoms with Crippen molar-refractivity contribution in [3.8, 4) is 6.07 Å². The lowest BCUT2D eigenvalue weighted by atomic mass is 10.2. The first-order chi connectivity index (χ1) is 7.22. The predicted molar refractivity (Wildman–Crippen MR) is 53.1 cm³/mol. The molecule has 0 aliphatic carbocycles. The number of amides is 1. The van der Waals surface area contributed by atoms with Crippen molar-refractivity contribution in [1.29, 1.82) is 5.26 Å². The zero-order chi connectivity index (χ0) is 10.8. The summed E-state index contributed by atoms with van der Waals surface area (Å²) in [5.41, 5.74) is 1.10. The smallest absolute Gasteiger partial charge is 0.294 e. The third-order valence-electron chi connectivity index (χ3n) is 2.33. The number of hydrogen-bond acceptors (Lipinski definition) is 3. The fourth-order valence-electron chi connectivity index (χ4n) is 1.56. The van der Waals surface area contributed by atoms with E-state index in [9.17, 15) is 9.59 Å². The molecule has 4 nitrogen and oxygen atoms in total. The standard InChI is InChI=1S/C11H8N2O2/c12-7-8-2-1-3-9(6-8)13-5-4-10(14)11(13)15/h1-3,6H,4-5H2. The van der Waals surface area contributed by atoms with Crippen LogP contribution in [0.25, 0.3) is 0 Å². The molecule has 1 heterocycles. The highest BCUT2D eigenvalue weighted by molar-refractivity contribution is 6.43. The molecule has 0 atom stereocenters. The predicted octanol–water partition coefficient (Wildman–Crippen LogP) is 0.864. The van der Waals surface area contributed by atoms with Crippen LogP contribution in [-0.2, 0) is 9.59 Å². The van der Waals surface area contributed by atoms with E-state index in [1.807, 2.05) is 6.07 Å². The molecular weight excluding hydrogens is 192 g/mol.